The molecule has 1 aromatic carbocycles. The molecule has 0 bridgehead atoms. The summed E-state index contributed by atoms with van der Waals surface area (Å²) in [5, 5.41) is 4.26. The molecule has 1 aliphatic rings. The topological polar surface area (TPSA) is 70.6 Å². The Morgan fingerprint density at radius 2 is 1.83 bits per heavy atom. The monoisotopic (exact) mass is 425 g/mol. The van der Waals surface area contributed by atoms with E-state index in [2.05, 4.69) is 56.4 Å². The third kappa shape index (κ3) is 4.24. The molecule has 0 unspecified atom stereocenters. The lowest BCUT2D eigenvalue weighted by molar-refractivity contribution is 0.0383. The number of hydrogen-bond donors (Lipinski definition) is 1. The van der Waals surface area contributed by atoms with E-state index in [9.17, 15) is 4.79 Å². The fourth-order valence-corrected chi connectivity index (χ4v) is 4.62. The van der Waals surface area contributed by atoms with E-state index in [1.807, 2.05) is 20.8 Å². The van der Waals surface area contributed by atoms with Crippen LogP contribution in [0.2, 0.25) is 0 Å². The van der Waals surface area contributed by atoms with Gasteiger partial charge in [-0.1, -0.05) is 0 Å². The summed E-state index contributed by atoms with van der Waals surface area (Å²) in [5.41, 5.74) is 3.02. The van der Waals surface area contributed by atoms with E-state index in [0.29, 0.717) is 10.7 Å². The van der Waals surface area contributed by atoms with Gasteiger partial charge in [-0.25, -0.2) is 14.8 Å². The molecule has 1 saturated heterocycles. The Morgan fingerprint density at radius 3 is 2.50 bits per heavy atom. The lowest BCUT2D eigenvalue weighted by Crippen LogP contribution is -2.44. The number of nitrogens with zero attached hydrogens (tertiary/aromatic N) is 4. The molecule has 7 nitrogen and oxygen atoms in total. The molecule has 30 heavy (non-hydrogen) atoms. The number of likely N-dealkylation sites (N-methyl/N-ethyl adjacent to an activating group) is 1. The molecule has 1 fully saturated rings. The molecule has 1 aliphatic heterocycles. The molecule has 1 N–H and O–H groups in total. The molecular weight excluding hydrogens is 398 g/mol. The van der Waals surface area contributed by atoms with Crippen molar-refractivity contribution >= 4 is 44.7 Å². The number of aryl methyl sites for hydroxylation is 1. The number of rotatable bonds is 5. The lowest BCUT2D eigenvalue weighted by atomic mass is 10.2. The molecule has 0 aliphatic carbocycles. The summed E-state index contributed by atoms with van der Waals surface area (Å²) < 4.78 is 5.38. The van der Waals surface area contributed by atoms with Crippen molar-refractivity contribution in [3.63, 3.8) is 0 Å². The van der Waals surface area contributed by atoms with Crippen LogP contribution in [0, 0.1) is 6.92 Å². The van der Waals surface area contributed by atoms with Crippen molar-refractivity contribution < 1.29 is 9.53 Å². The molecule has 4 rings (SSSR count). The van der Waals surface area contributed by atoms with Gasteiger partial charge in [-0.2, -0.15) is 0 Å². The largest absolute Gasteiger partial charge is 0.459 e. The fraction of sp³-hybridized carbons (Fsp3) is 0.409. The zero-order valence-corrected chi connectivity index (χ0v) is 18.6. The van der Waals surface area contributed by atoms with Gasteiger partial charge in [0.15, 0.2) is 0 Å². The summed E-state index contributed by atoms with van der Waals surface area (Å²) in [5.74, 6) is 0.387. The zero-order chi connectivity index (χ0) is 21.3. The van der Waals surface area contributed by atoms with Crippen LogP contribution < -0.4 is 10.2 Å². The second-order valence-electron chi connectivity index (χ2n) is 7.87. The summed E-state index contributed by atoms with van der Waals surface area (Å²) in [6, 6.07) is 8.41. The highest BCUT2D eigenvalue weighted by atomic mass is 32.1. The van der Waals surface area contributed by atoms with Crippen LogP contribution >= 0.6 is 11.3 Å². The average molecular weight is 426 g/mol. The third-order valence-corrected chi connectivity index (χ3v) is 6.43. The van der Waals surface area contributed by atoms with E-state index in [1.165, 1.54) is 23.4 Å². The smallest absolute Gasteiger partial charge is 0.348 e. The number of thiophene rings is 1. The van der Waals surface area contributed by atoms with Gasteiger partial charge in [0.25, 0.3) is 0 Å². The van der Waals surface area contributed by atoms with Crippen LogP contribution in [0.15, 0.2) is 30.6 Å². The molecule has 3 aromatic rings. The van der Waals surface area contributed by atoms with Gasteiger partial charge in [0.05, 0.1) is 11.5 Å². The zero-order valence-electron chi connectivity index (χ0n) is 17.8. The number of esters is 1. The minimum absolute atomic E-state index is 0.162. The average Bonchev–Trinajstić information content (AvgIpc) is 3.07. The highest BCUT2D eigenvalue weighted by Crippen LogP contribution is 2.35. The summed E-state index contributed by atoms with van der Waals surface area (Å²) in [6.07, 6.45) is 1.36. The Labute approximate surface area is 180 Å². The molecule has 0 atom stereocenters. The predicted octanol–water partition coefficient (Wildman–Crippen LogP) is 4.06. The Kier molecular flexibility index (Phi) is 5.87. The second-order valence-corrected chi connectivity index (χ2v) is 8.87. The summed E-state index contributed by atoms with van der Waals surface area (Å²) >= 11 is 1.34. The van der Waals surface area contributed by atoms with Crippen LogP contribution in [0.5, 0.6) is 0 Å². The molecule has 3 heterocycles. The first-order chi connectivity index (χ1) is 14.4. The Morgan fingerprint density at radius 1 is 1.13 bits per heavy atom. The van der Waals surface area contributed by atoms with Gasteiger partial charge in [0.2, 0.25) is 0 Å². The predicted molar refractivity (Wildman–Crippen MR) is 122 cm³/mol. The first-order valence-corrected chi connectivity index (χ1v) is 11.0. The maximum absolute atomic E-state index is 12.4. The number of anilines is 3. The number of carbonyl (C=O) groups excluding carboxylic acids is 1. The minimum atomic E-state index is -0.312. The first-order valence-electron chi connectivity index (χ1n) is 10.2. The Bertz CT molecular complexity index is 1040. The quantitative estimate of drug-likeness (QED) is 0.618. The first kappa shape index (κ1) is 20.6. The Balaban J connectivity index is 1.56. The van der Waals surface area contributed by atoms with E-state index in [-0.39, 0.29) is 12.1 Å². The molecule has 0 saturated carbocycles. The number of fused-ring (bicyclic) bond motifs is 1. The Hall–Kier alpha value is -2.71. The van der Waals surface area contributed by atoms with Crippen molar-refractivity contribution in [1.82, 2.24) is 14.9 Å². The number of aromatic nitrogens is 2. The molecule has 2 aromatic heterocycles. The van der Waals surface area contributed by atoms with Crippen LogP contribution in [0.1, 0.15) is 29.1 Å². The van der Waals surface area contributed by atoms with Gasteiger partial charge < -0.3 is 19.9 Å². The van der Waals surface area contributed by atoms with Crippen molar-refractivity contribution in [2.24, 2.45) is 0 Å². The van der Waals surface area contributed by atoms with Crippen LogP contribution in [0.25, 0.3) is 10.2 Å². The van der Waals surface area contributed by atoms with E-state index in [1.54, 1.807) is 0 Å². The van der Waals surface area contributed by atoms with Crippen molar-refractivity contribution in [3.05, 3.63) is 41.0 Å². The number of ether oxygens (including phenoxy) is 1. The molecule has 8 heteroatoms. The van der Waals surface area contributed by atoms with Gasteiger partial charge in [-0.15, -0.1) is 11.3 Å². The third-order valence-electron chi connectivity index (χ3n) is 5.25. The van der Waals surface area contributed by atoms with E-state index >= 15 is 0 Å². The number of benzene rings is 1. The number of hydrogen-bond acceptors (Lipinski definition) is 8. The fourth-order valence-electron chi connectivity index (χ4n) is 3.59. The second kappa shape index (κ2) is 8.57. The summed E-state index contributed by atoms with van der Waals surface area (Å²) in [4.78, 5) is 27.3. The van der Waals surface area contributed by atoms with Crippen molar-refractivity contribution in [2.75, 3.05) is 43.4 Å². The van der Waals surface area contributed by atoms with E-state index < -0.39 is 0 Å². The summed E-state index contributed by atoms with van der Waals surface area (Å²) in [6.45, 7) is 9.85. The van der Waals surface area contributed by atoms with Crippen molar-refractivity contribution in [1.29, 1.82) is 0 Å². The van der Waals surface area contributed by atoms with Crippen molar-refractivity contribution in [2.45, 2.75) is 26.9 Å². The van der Waals surface area contributed by atoms with Crippen LogP contribution in [-0.2, 0) is 4.74 Å². The number of carbonyl (C=O) groups is 1. The maximum atomic E-state index is 12.4. The lowest BCUT2D eigenvalue weighted by Gasteiger charge is -2.34. The van der Waals surface area contributed by atoms with Crippen LogP contribution in [-0.4, -0.2) is 60.2 Å². The van der Waals surface area contributed by atoms with E-state index in [0.717, 1.165) is 47.6 Å². The standard InChI is InChI=1S/C22H27N5O2S/c1-14(2)29-22(28)19-15(3)18-20(23-13-24-21(18)30-19)25-16-5-7-17(8-6-16)27-11-9-26(4)10-12-27/h5-8,13-14H,9-12H2,1-4H3,(H,23,24,25). The van der Waals surface area contributed by atoms with Crippen LogP contribution in [0.4, 0.5) is 17.2 Å². The van der Waals surface area contributed by atoms with Crippen LogP contribution in [0.3, 0.4) is 0 Å². The highest BCUT2D eigenvalue weighted by Gasteiger charge is 2.21. The normalized spacial score (nSPS) is 15.0. The number of piperazine rings is 1. The van der Waals surface area contributed by atoms with Gasteiger partial charge in [0.1, 0.15) is 21.9 Å². The van der Waals surface area contributed by atoms with Gasteiger partial charge in [-0.3, -0.25) is 0 Å². The highest BCUT2D eigenvalue weighted by molar-refractivity contribution is 7.20. The minimum Gasteiger partial charge on any atom is -0.459 e. The van der Waals surface area contributed by atoms with E-state index in [4.69, 9.17) is 4.74 Å². The van der Waals surface area contributed by atoms with Crippen molar-refractivity contribution in [3.8, 4) is 0 Å². The molecule has 0 radical (unpaired) electrons. The molecular formula is C22H27N5O2S. The summed E-state index contributed by atoms with van der Waals surface area (Å²) in [7, 11) is 2.16. The van der Waals surface area contributed by atoms with Gasteiger partial charge in [-0.05, 0) is 57.6 Å². The SMILES string of the molecule is Cc1c(C(=O)OC(C)C)sc2ncnc(Nc3ccc(N4CCN(C)CC4)cc3)c12. The molecule has 0 amide bonds. The molecule has 158 valence electrons. The van der Waals surface area contributed by atoms with Gasteiger partial charge in [0, 0.05) is 37.6 Å². The van der Waals surface area contributed by atoms with Gasteiger partial charge >= 0.3 is 5.97 Å². The molecule has 0 spiro atoms. The maximum Gasteiger partial charge on any atom is 0.348 e. The number of nitrogens with one attached hydrogen (secondary N) is 1.